The van der Waals surface area contributed by atoms with E-state index in [-0.39, 0.29) is 0 Å². The third kappa shape index (κ3) is 2.93. The highest BCUT2D eigenvalue weighted by Crippen LogP contribution is 2.28. The van der Waals surface area contributed by atoms with Crippen molar-refractivity contribution in [1.82, 2.24) is 9.97 Å². The number of para-hydroxylation sites is 1. The van der Waals surface area contributed by atoms with Gasteiger partial charge in [0, 0.05) is 18.2 Å². The van der Waals surface area contributed by atoms with Crippen molar-refractivity contribution in [2.45, 2.75) is 25.3 Å². The van der Waals surface area contributed by atoms with Crippen LogP contribution in [0.2, 0.25) is 0 Å². The second-order valence-electron chi connectivity index (χ2n) is 4.44. The second kappa shape index (κ2) is 6.05. The first kappa shape index (κ1) is 13.1. The highest BCUT2D eigenvalue weighted by molar-refractivity contribution is 7.99. The summed E-state index contributed by atoms with van der Waals surface area (Å²) in [5.41, 5.74) is 1.00. The van der Waals surface area contributed by atoms with E-state index in [2.05, 4.69) is 35.2 Å². The number of aromatic nitrogens is 2. The van der Waals surface area contributed by atoms with Crippen molar-refractivity contribution < 1.29 is 0 Å². The van der Waals surface area contributed by atoms with Crippen molar-refractivity contribution >= 4 is 28.6 Å². The van der Waals surface area contributed by atoms with Gasteiger partial charge < -0.3 is 5.32 Å². The Hall–Kier alpha value is -1.29. The normalized spacial score (nSPS) is 12.6. The molecule has 0 aliphatic heterocycles. The van der Waals surface area contributed by atoms with Crippen LogP contribution in [0.4, 0.5) is 5.95 Å². The lowest BCUT2D eigenvalue weighted by molar-refractivity contribution is 0.636. The zero-order valence-corrected chi connectivity index (χ0v) is 11.9. The number of fused-ring (bicyclic) bond motifs is 1. The Kier molecular flexibility index (Phi) is 4.42. The monoisotopic (exact) mass is 261 g/mol. The fourth-order valence-electron chi connectivity index (χ4n) is 1.61. The van der Waals surface area contributed by atoms with Crippen molar-refractivity contribution in [3.8, 4) is 0 Å². The molecular weight excluding hydrogens is 242 g/mol. The van der Waals surface area contributed by atoms with E-state index in [0.29, 0.717) is 11.9 Å². The van der Waals surface area contributed by atoms with E-state index in [1.165, 1.54) is 6.42 Å². The zero-order chi connectivity index (χ0) is 13.0. The van der Waals surface area contributed by atoms with Gasteiger partial charge in [-0.2, -0.15) is 0 Å². The minimum absolute atomic E-state index is 0.695. The SMILES string of the molecule is CCC(C)CSc1nc(NC)nc2ccccc12. The molecule has 0 aliphatic carbocycles. The smallest absolute Gasteiger partial charge is 0.224 e. The Morgan fingerprint density at radius 2 is 2.06 bits per heavy atom. The maximum atomic E-state index is 4.57. The summed E-state index contributed by atoms with van der Waals surface area (Å²) in [6.07, 6.45) is 1.20. The molecule has 0 spiro atoms. The summed E-state index contributed by atoms with van der Waals surface area (Å²) < 4.78 is 0. The average molecular weight is 261 g/mol. The quantitative estimate of drug-likeness (QED) is 0.656. The molecule has 96 valence electrons. The largest absolute Gasteiger partial charge is 0.357 e. The van der Waals surface area contributed by atoms with E-state index in [1.54, 1.807) is 0 Å². The molecule has 4 heteroatoms. The molecule has 0 amide bonds. The number of thioether (sulfide) groups is 1. The van der Waals surface area contributed by atoms with E-state index >= 15 is 0 Å². The third-order valence-electron chi connectivity index (χ3n) is 2.99. The lowest BCUT2D eigenvalue weighted by Crippen LogP contribution is -2.00. The minimum atomic E-state index is 0.695. The minimum Gasteiger partial charge on any atom is -0.357 e. The van der Waals surface area contributed by atoms with Gasteiger partial charge in [-0.1, -0.05) is 38.5 Å². The Morgan fingerprint density at radius 1 is 1.28 bits per heavy atom. The lowest BCUT2D eigenvalue weighted by atomic mass is 10.2. The first-order chi connectivity index (χ1) is 8.74. The van der Waals surface area contributed by atoms with Crippen LogP contribution < -0.4 is 5.32 Å². The number of hydrogen-bond donors (Lipinski definition) is 1. The molecule has 3 nitrogen and oxygen atoms in total. The topological polar surface area (TPSA) is 37.8 Å². The van der Waals surface area contributed by atoms with Gasteiger partial charge in [0.15, 0.2) is 0 Å². The Balaban J connectivity index is 2.34. The lowest BCUT2D eigenvalue weighted by Gasteiger charge is -2.10. The molecule has 0 saturated carbocycles. The van der Waals surface area contributed by atoms with Gasteiger partial charge in [-0.25, -0.2) is 9.97 Å². The Bertz CT molecular complexity index is 527. The van der Waals surface area contributed by atoms with Crippen molar-refractivity contribution in [2.24, 2.45) is 5.92 Å². The molecule has 0 radical (unpaired) electrons. The molecule has 1 heterocycles. The zero-order valence-electron chi connectivity index (χ0n) is 11.1. The number of anilines is 1. The van der Waals surface area contributed by atoms with Gasteiger partial charge in [-0.15, -0.1) is 11.8 Å². The molecule has 1 unspecified atom stereocenters. The summed E-state index contributed by atoms with van der Waals surface area (Å²) in [6, 6.07) is 8.18. The molecule has 0 saturated heterocycles. The molecule has 1 aromatic carbocycles. The van der Waals surface area contributed by atoms with Crippen LogP contribution in [0.25, 0.3) is 10.9 Å². The molecular formula is C14H19N3S. The van der Waals surface area contributed by atoms with Crippen LogP contribution in [0.1, 0.15) is 20.3 Å². The van der Waals surface area contributed by atoms with Gasteiger partial charge >= 0.3 is 0 Å². The van der Waals surface area contributed by atoms with Gasteiger partial charge in [0.2, 0.25) is 5.95 Å². The van der Waals surface area contributed by atoms with Crippen molar-refractivity contribution in [3.05, 3.63) is 24.3 Å². The summed E-state index contributed by atoms with van der Waals surface area (Å²) in [7, 11) is 1.85. The average Bonchev–Trinajstić information content (AvgIpc) is 2.43. The van der Waals surface area contributed by atoms with E-state index in [0.717, 1.165) is 21.7 Å². The van der Waals surface area contributed by atoms with Crippen LogP contribution in [0.15, 0.2) is 29.3 Å². The first-order valence-corrected chi connectivity index (χ1v) is 7.30. The predicted molar refractivity (Wildman–Crippen MR) is 79.3 cm³/mol. The van der Waals surface area contributed by atoms with Crippen LogP contribution >= 0.6 is 11.8 Å². The van der Waals surface area contributed by atoms with E-state index in [4.69, 9.17) is 0 Å². The molecule has 1 N–H and O–H groups in total. The molecule has 18 heavy (non-hydrogen) atoms. The van der Waals surface area contributed by atoms with Crippen molar-refractivity contribution in [1.29, 1.82) is 0 Å². The molecule has 2 aromatic rings. The van der Waals surface area contributed by atoms with Crippen LogP contribution in [0.3, 0.4) is 0 Å². The molecule has 0 fully saturated rings. The Morgan fingerprint density at radius 3 is 2.78 bits per heavy atom. The fourth-order valence-corrected chi connectivity index (χ4v) is 2.77. The Labute approximate surface area is 112 Å². The summed E-state index contributed by atoms with van der Waals surface area (Å²) in [5, 5.41) is 5.24. The van der Waals surface area contributed by atoms with Gasteiger partial charge in [0.05, 0.1) is 5.52 Å². The number of hydrogen-bond acceptors (Lipinski definition) is 4. The summed E-state index contributed by atoms with van der Waals surface area (Å²) in [5.74, 6) is 2.50. The van der Waals surface area contributed by atoms with Gasteiger partial charge in [0.25, 0.3) is 0 Å². The van der Waals surface area contributed by atoms with Gasteiger partial charge in [0.1, 0.15) is 5.03 Å². The van der Waals surface area contributed by atoms with Crippen LogP contribution in [-0.4, -0.2) is 22.8 Å². The number of nitrogens with zero attached hydrogens (tertiary/aromatic N) is 2. The van der Waals surface area contributed by atoms with E-state index in [1.807, 2.05) is 37.0 Å². The number of benzene rings is 1. The van der Waals surface area contributed by atoms with Crippen LogP contribution in [0, 0.1) is 5.92 Å². The summed E-state index contributed by atoms with van der Waals surface area (Å²) in [6.45, 7) is 4.50. The first-order valence-electron chi connectivity index (χ1n) is 6.32. The van der Waals surface area contributed by atoms with Gasteiger partial charge in [-0.05, 0) is 12.0 Å². The molecule has 0 aliphatic rings. The maximum absolute atomic E-state index is 4.57. The molecule has 1 aromatic heterocycles. The summed E-state index contributed by atoms with van der Waals surface area (Å²) in [4.78, 5) is 9.03. The summed E-state index contributed by atoms with van der Waals surface area (Å²) >= 11 is 1.82. The van der Waals surface area contributed by atoms with E-state index in [9.17, 15) is 0 Å². The molecule has 2 rings (SSSR count). The highest BCUT2D eigenvalue weighted by Gasteiger charge is 2.08. The maximum Gasteiger partial charge on any atom is 0.224 e. The van der Waals surface area contributed by atoms with Crippen molar-refractivity contribution in [2.75, 3.05) is 18.1 Å². The fraction of sp³-hybridized carbons (Fsp3) is 0.429. The van der Waals surface area contributed by atoms with E-state index < -0.39 is 0 Å². The third-order valence-corrected chi connectivity index (χ3v) is 4.31. The molecule has 0 bridgehead atoms. The number of nitrogens with one attached hydrogen (secondary N) is 1. The van der Waals surface area contributed by atoms with Gasteiger partial charge in [-0.3, -0.25) is 0 Å². The predicted octanol–water partition coefficient (Wildman–Crippen LogP) is 3.81. The number of rotatable bonds is 5. The highest BCUT2D eigenvalue weighted by atomic mass is 32.2. The van der Waals surface area contributed by atoms with Crippen LogP contribution in [-0.2, 0) is 0 Å². The van der Waals surface area contributed by atoms with Crippen LogP contribution in [0.5, 0.6) is 0 Å². The molecule has 1 atom stereocenters. The van der Waals surface area contributed by atoms with Crippen molar-refractivity contribution in [3.63, 3.8) is 0 Å². The standard InChI is InChI=1S/C14H19N3S/c1-4-10(2)9-18-13-11-7-5-6-8-12(11)16-14(15-3)17-13/h5-8,10H,4,9H2,1-3H3,(H,15,16,17). The second-order valence-corrected chi connectivity index (χ2v) is 5.45.